The third kappa shape index (κ3) is 6.20. The molecular weight excluding hydrogens is 438 g/mol. The minimum Gasteiger partial charge on any atom is -0.375 e. The van der Waals surface area contributed by atoms with Gasteiger partial charge in [0.15, 0.2) is 5.11 Å². The number of rotatable bonds is 7. The summed E-state index contributed by atoms with van der Waals surface area (Å²) in [7, 11) is 0.0812. The molecule has 2 aromatic heterocycles. The number of sulfonamides is 1. The number of aromatic nitrogens is 4. The SMILES string of the molecule is CN(/N=C/c1cc(-c2cncn2C)nc(Nc2cccc(NS(C)(=O)=O)c2)n1)C(N)=S. The van der Waals surface area contributed by atoms with Crippen LogP contribution in [0.5, 0.6) is 0 Å². The number of imidazole rings is 1. The molecule has 0 fully saturated rings. The van der Waals surface area contributed by atoms with E-state index >= 15 is 0 Å². The fourth-order valence-corrected chi connectivity index (χ4v) is 3.13. The summed E-state index contributed by atoms with van der Waals surface area (Å²) >= 11 is 4.89. The van der Waals surface area contributed by atoms with Crippen molar-refractivity contribution in [3.8, 4) is 11.4 Å². The average Bonchev–Trinajstić information content (AvgIpc) is 3.10. The Hall–Kier alpha value is -3.58. The summed E-state index contributed by atoms with van der Waals surface area (Å²) in [5.74, 6) is 0.287. The van der Waals surface area contributed by atoms with Crippen molar-refractivity contribution < 1.29 is 8.42 Å². The lowest BCUT2D eigenvalue weighted by Gasteiger charge is -2.11. The van der Waals surface area contributed by atoms with Crippen LogP contribution in [0.1, 0.15) is 5.69 Å². The zero-order chi connectivity index (χ0) is 22.6. The molecule has 3 rings (SSSR count). The van der Waals surface area contributed by atoms with Crippen molar-refractivity contribution in [3.63, 3.8) is 0 Å². The first-order valence-electron chi connectivity index (χ1n) is 8.88. The predicted octanol–water partition coefficient (Wildman–Crippen LogP) is 1.50. The van der Waals surface area contributed by atoms with Crippen molar-refractivity contribution in [2.75, 3.05) is 23.3 Å². The maximum Gasteiger partial charge on any atom is 0.229 e. The number of nitrogens with one attached hydrogen (secondary N) is 2. The van der Waals surface area contributed by atoms with Crippen molar-refractivity contribution >= 4 is 50.9 Å². The van der Waals surface area contributed by atoms with Crippen molar-refractivity contribution in [1.29, 1.82) is 0 Å². The van der Waals surface area contributed by atoms with Gasteiger partial charge in [0.1, 0.15) is 0 Å². The van der Waals surface area contributed by atoms with Crippen LogP contribution in [0.3, 0.4) is 0 Å². The van der Waals surface area contributed by atoms with Gasteiger partial charge in [0.2, 0.25) is 16.0 Å². The number of aryl methyl sites for hydroxylation is 1. The number of hydrogen-bond donors (Lipinski definition) is 3. The molecular formula is C18H21N9O2S2. The highest BCUT2D eigenvalue weighted by Gasteiger charge is 2.10. The van der Waals surface area contributed by atoms with E-state index in [0.29, 0.717) is 22.8 Å². The van der Waals surface area contributed by atoms with Crippen LogP contribution < -0.4 is 15.8 Å². The Bertz CT molecular complexity index is 1240. The van der Waals surface area contributed by atoms with Crippen LogP contribution in [-0.2, 0) is 17.1 Å². The summed E-state index contributed by atoms with van der Waals surface area (Å²) in [5, 5.41) is 8.71. The van der Waals surface area contributed by atoms with Crippen molar-refractivity contribution in [2.24, 2.45) is 17.9 Å². The fourth-order valence-electron chi connectivity index (χ4n) is 2.53. The number of hydrazone groups is 1. The monoisotopic (exact) mass is 459 g/mol. The molecule has 162 valence electrons. The molecule has 0 atom stereocenters. The first kappa shape index (κ1) is 22.1. The molecule has 31 heavy (non-hydrogen) atoms. The summed E-state index contributed by atoms with van der Waals surface area (Å²) < 4.78 is 27.2. The molecule has 0 aliphatic rings. The second-order valence-electron chi connectivity index (χ2n) is 6.58. The summed E-state index contributed by atoms with van der Waals surface area (Å²) in [6.45, 7) is 0. The van der Waals surface area contributed by atoms with E-state index in [1.807, 2.05) is 11.6 Å². The van der Waals surface area contributed by atoms with Crippen molar-refractivity contribution in [3.05, 3.63) is 48.5 Å². The number of nitrogens with two attached hydrogens (primary N) is 1. The van der Waals surface area contributed by atoms with E-state index in [-0.39, 0.29) is 11.1 Å². The predicted molar refractivity (Wildman–Crippen MR) is 125 cm³/mol. The molecule has 0 aliphatic heterocycles. The molecule has 2 heterocycles. The van der Waals surface area contributed by atoms with Crippen LogP contribution in [-0.4, -0.2) is 57.6 Å². The lowest BCUT2D eigenvalue weighted by molar-refractivity contribution is 0.552. The Balaban J connectivity index is 1.97. The Morgan fingerprint density at radius 1 is 1.29 bits per heavy atom. The van der Waals surface area contributed by atoms with Gasteiger partial charge < -0.3 is 15.6 Å². The average molecular weight is 460 g/mol. The van der Waals surface area contributed by atoms with Gasteiger partial charge in [-0.2, -0.15) is 5.10 Å². The minimum atomic E-state index is -3.40. The zero-order valence-electron chi connectivity index (χ0n) is 17.0. The second kappa shape index (κ2) is 9.06. The van der Waals surface area contributed by atoms with Gasteiger partial charge in [0.05, 0.1) is 47.8 Å². The number of hydrogen-bond acceptors (Lipinski definition) is 8. The molecule has 1 aromatic carbocycles. The zero-order valence-corrected chi connectivity index (χ0v) is 18.6. The van der Waals surface area contributed by atoms with Gasteiger partial charge in [0, 0.05) is 19.8 Å². The van der Waals surface area contributed by atoms with Crippen LogP contribution in [0, 0.1) is 0 Å². The fraction of sp³-hybridized carbons (Fsp3) is 0.167. The molecule has 0 radical (unpaired) electrons. The van der Waals surface area contributed by atoms with E-state index in [2.05, 4.69) is 30.1 Å². The number of thiocarbonyl (C=S) groups is 1. The number of anilines is 3. The smallest absolute Gasteiger partial charge is 0.229 e. The third-order valence-corrected chi connectivity index (χ3v) is 4.80. The van der Waals surface area contributed by atoms with E-state index in [9.17, 15) is 8.42 Å². The molecule has 0 saturated heterocycles. The Kier molecular flexibility index (Phi) is 6.46. The largest absolute Gasteiger partial charge is 0.375 e. The Morgan fingerprint density at radius 3 is 2.68 bits per heavy atom. The van der Waals surface area contributed by atoms with Crippen LogP contribution in [0.25, 0.3) is 11.4 Å². The first-order valence-corrected chi connectivity index (χ1v) is 11.2. The quantitative estimate of drug-likeness (QED) is 0.272. The van der Waals surface area contributed by atoms with Gasteiger partial charge >= 0.3 is 0 Å². The van der Waals surface area contributed by atoms with Crippen molar-refractivity contribution in [2.45, 2.75) is 0 Å². The molecule has 0 aliphatic carbocycles. The van der Waals surface area contributed by atoms with Gasteiger partial charge in [-0.05, 0) is 36.5 Å². The molecule has 0 unspecified atom stereocenters. The van der Waals surface area contributed by atoms with Gasteiger partial charge in [-0.15, -0.1) is 0 Å². The highest BCUT2D eigenvalue weighted by molar-refractivity contribution is 7.92. The molecule has 0 bridgehead atoms. The first-order chi connectivity index (χ1) is 14.6. The van der Waals surface area contributed by atoms with E-state index in [4.69, 9.17) is 18.0 Å². The van der Waals surface area contributed by atoms with E-state index in [1.165, 1.54) is 11.2 Å². The van der Waals surface area contributed by atoms with Gasteiger partial charge in [0.25, 0.3) is 0 Å². The van der Waals surface area contributed by atoms with Gasteiger partial charge in [-0.25, -0.2) is 28.4 Å². The highest BCUT2D eigenvalue weighted by Crippen LogP contribution is 2.22. The van der Waals surface area contributed by atoms with E-state index in [0.717, 1.165) is 11.9 Å². The molecule has 4 N–H and O–H groups in total. The summed E-state index contributed by atoms with van der Waals surface area (Å²) in [6.07, 6.45) is 5.95. The second-order valence-corrected chi connectivity index (χ2v) is 8.74. The van der Waals surface area contributed by atoms with Crippen molar-refractivity contribution in [1.82, 2.24) is 24.5 Å². The van der Waals surface area contributed by atoms with Crippen LogP contribution in [0.4, 0.5) is 17.3 Å². The standard InChI is InChI=1S/C18H21N9O2S2/c1-26-11-20-10-16(26)15-8-14(9-21-27(2)17(19)30)23-18(24-15)22-12-5-4-6-13(7-12)25-31(3,28)29/h4-11,25H,1-3H3,(H2,19,30)(H,22,23,24)/b21-9+. The number of nitrogens with zero attached hydrogens (tertiary/aromatic N) is 6. The maximum atomic E-state index is 11.5. The lowest BCUT2D eigenvalue weighted by atomic mass is 10.2. The summed E-state index contributed by atoms with van der Waals surface area (Å²) in [4.78, 5) is 13.1. The van der Waals surface area contributed by atoms with Crippen LogP contribution in [0.15, 0.2) is 48.0 Å². The summed E-state index contributed by atoms with van der Waals surface area (Å²) in [5.41, 5.74) is 8.45. The van der Waals surface area contributed by atoms with Crippen LogP contribution >= 0.6 is 12.2 Å². The van der Waals surface area contributed by atoms with Gasteiger partial charge in [-0.1, -0.05) is 6.07 Å². The maximum absolute atomic E-state index is 11.5. The normalized spacial score (nSPS) is 11.5. The molecule has 0 saturated carbocycles. The molecule has 0 amide bonds. The Labute approximate surface area is 185 Å². The summed E-state index contributed by atoms with van der Waals surface area (Å²) in [6, 6.07) is 8.50. The highest BCUT2D eigenvalue weighted by atomic mass is 32.2. The van der Waals surface area contributed by atoms with E-state index in [1.54, 1.807) is 49.9 Å². The Morgan fingerprint density at radius 2 is 2.03 bits per heavy atom. The molecule has 3 aromatic rings. The van der Waals surface area contributed by atoms with Crippen LogP contribution in [0.2, 0.25) is 0 Å². The lowest BCUT2D eigenvalue weighted by Crippen LogP contribution is -2.27. The van der Waals surface area contributed by atoms with E-state index < -0.39 is 10.0 Å². The third-order valence-electron chi connectivity index (χ3n) is 3.93. The molecule has 11 nitrogen and oxygen atoms in total. The minimum absolute atomic E-state index is 0.116. The number of benzene rings is 1. The topological polar surface area (TPSA) is 143 Å². The molecule has 13 heteroatoms. The molecule has 0 spiro atoms. The van der Waals surface area contributed by atoms with Gasteiger partial charge in [-0.3, -0.25) is 4.72 Å².